The molecule has 0 fully saturated rings. The van der Waals surface area contributed by atoms with E-state index in [9.17, 15) is 9.90 Å². The van der Waals surface area contributed by atoms with E-state index in [1.54, 1.807) is 36.7 Å². The summed E-state index contributed by atoms with van der Waals surface area (Å²) in [6, 6.07) is 7.02. The lowest BCUT2D eigenvalue weighted by atomic mass is 10.1. The van der Waals surface area contributed by atoms with Gasteiger partial charge in [-0.25, -0.2) is 14.5 Å². The number of phenols is 1. The molecule has 7 heteroatoms. The number of aromatic nitrogens is 3. The largest absolute Gasteiger partial charge is 0.507 e. The lowest BCUT2D eigenvalue weighted by molar-refractivity contribution is 0.0525. The summed E-state index contributed by atoms with van der Waals surface area (Å²) in [5.41, 5.74) is 2.41. The first kappa shape index (κ1) is 15.2. The second-order valence-electron chi connectivity index (χ2n) is 4.81. The first-order valence-corrected chi connectivity index (χ1v) is 7.95. The molecule has 23 heavy (non-hydrogen) atoms. The van der Waals surface area contributed by atoms with Crippen molar-refractivity contribution in [2.75, 3.05) is 6.61 Å². The van der Waals surface area contributed by atoms with Gasteiger partial charge in [0.25, 0.3) is 0 Å². The summed E-state index contributed by atoms with van der Waals surface area (Å²) < 4.78 is 6.60. The number of hydrogen-bond donors (Lipinski definition) is 1. The molecule has 3 rings (SSSR count). The third-order valence-corrected chi connectivity index (χ3v) is 4.17. The topological polar surface area (TPSA) is 77.2 Å². The van der Waals surface area contributed by atoms with Crippen LogP contribution in [0.5, 0.6) is 5.75 Å². The van der Waals surface area contributed by atoms with Crippen molar-refractivity contribution < 1.29 is 14.6 Å². The molecule has 0 aliphatic rings. The maximum absolute atomic E-state index is 11.9. The van der Waals surface area contributed by atoms with E-state index in [-0.39, 0.29) is 5.75 Å². The van der Waals surface area contributed by atoms with E-state index in [0.29, 0.717) is 34.3 Å². The zero-order valence-corrected chi connectivity index (χ0v) is 13.5. The van der Waals surface area contributed by atoms with Gasteiger partial charge in [0.05, 0.1) is 24.2 Å². The number of nitrogens with zero attached hydrogens (tertiary/aromatic N) is 3. The van der Waals surface area contributed by atoms with Gasteiger partial charge in [0.2, 0.25) is 5.13 Å². The van der Waals surface area contributed by atoms with Gasteiger partial charge in [0, 0.05) is 10.9 Å². The van der Waals surface area contributed by atoms with Crippen LogP contribution in [0.15, 0.2) is 35.8 Å². The van der Waals surface area contributed by atoms with E-state index < -0.39 is 5.97 Å². The van der Waals surface area contributed by atoms with Crippen LogP contribution in [-0.4, -0.2) is 32.4 Å². The molecule has 0 unspecified atom stereocenters. The van der Waals surface area contributed by atoms with Crippen molar-refractivity contribution in [2.24, 2.45) is 0 Å². The number of aromatic hydroxyl groups is 1. The Morgan fingerprint density at radius 1 is 1.39 bits per heavy atom. The van der Waals surface area contributed by atoms with Gasteiger partial charge in [-0.2, -0.15) is 5.10 Å². The molecule has 2 heterocycles. The molecule has 0 spiro atoms. The summed E-state index contributed by atoms with van der Waals surface area (Å²) in [6.45, 7) is 3.87. The number of phenolic OH excluding ortho intramolecular Hbond substituents is 1. The Morgan fingerprint density at radius 2 is 2.17 bits per heavy atom. The fourth-order valence-electron chi connectivity index (χ4n) is 2.19. The predicted molar refractivity (Wildman–Crippen MR) is 87.0 cm³/mol. The third kappa shape index (κ3) is 2.83. The first-order valence-electron chi connectivity index (χ1n) is 7.07. The molecule has 0 saturated carbocycles. The number of carbonyl (C=O) groups is 1. The number of esters is 1. The molecule has 3 aromatic rings. The van der Waals surface area contributed by atoms with Crippen molar-refractivity contribution >= 4 is 17.3 Å². The van der Waals surface area contributed by atoms with Gasteiger partial charge in [-0.05, 0) is 26.0 Å². The standard InChI is InChI=1S/C16H15N3O3S/c1-3-22-15(21)12-8-17-19(10(12)2)16-18-13(9-23-16)11-6-4-5-7-14(11)20/h4-9,20H,3H2,1-2H3. The van der Waals surface area contributed by atoms with E-state index in [4.69, 9.17) is 4.74 Å². The number of carbonyl (C=O) groups excluding carboxylic acids is 1. The minimum absolute atomic E-state index is 0.175. The molecular weight excluding hydrogens is 314 g/mol. The fraction of sp³-hybridized carbons (Fsp3) is 0.188. The number of hydrogen-bond acceptors (Lipinski definition) is 6. The van der Waals surface area contributed by atoms with Crippen molar-refractivity contribution in [3.63, 3.8) is 0 Å². The molecule has 0 aliphatic heterocycles. The van der Waals surface area contributed by atoms with Gasteiger partial charge >= 0.3 is 5.97 Å². The highest BCUT2D eigenvalue weighted by atomic mass is 32.1. The smallest absolute Gasteiger partial charge is 0.341 e. The number of rotatable bonds is 4. The molecular formula is C16H15N3O3S. The number of ether oxygens (including phenoxy) is 1. The highest BCUT2D eigenvalue weighted by molar-refractivity contribution is 7.12. The molecule has 1 N–H and O–H groups in total. The molecule has 6 nitrogen and oxygen atoms in total. The van der Waals surface area contributed by atoms with Crippen LogP contribution in [0.25, 0.3) is 16.4 Å². The summed E-state index contributed by atoms with van der Waals surface area (Å²) in [7, 11) is 0. The van der Waals surface area contributed by atoms with Gasteiger partial charge in [-0.1, -0.05) is 12.1 Å². The predicted octanol–water partition coefficient (Wildman–Crippen LogP) is 3.19. The van der Waals surface area contributed by atoms with Gasteiger partial charge in [-0.15, -0.1) is 11.3 Å². The van der Waals surface area contributed by atoms with Crippen LogP contribution >= 0.6 is 11.3 Å². The van der Waals surface area contributed by atoms with Crippen LogP contribution < -0.4 is 0 Å². The fourth-order valence-corrected chi connectivity index (χ4v) is 3.02. The van der Waals surface area contributed by atoms with Crippen molar-refractivity contribution in [3.8, 4) is 22.1 Å². The molecule has 2 aromatic heterocycles. The average molecular weight is 329 g/mol. The monoisotopic (exact) mass is 329 g/mol. The Balaban J connectivity index is 1.96. The van der Waals surface area contributed by atoms with E-state index in [1.165, 1.54) is 17.5 Å². The number of benzene rings is 1. The lowest BCUT2D eigenvalue weighted by Gasteiger charge is -2.02. The summed E-state index contributed by atoms with van der Waals surface area (Å²) in [5, 5.41) is 16.6. The van der Waals surface area contributed by atoms with Crippen molar-refractivity contribution in [2.45, 2.75) is 13.8 Å². The Hall–Kier alpha value is -2.67. The quantitative estimate of drug-likeness (QED) is 0.744. The molecule has 0 atom stereocenters. The Morgan fingerprint density at radius 3 is 2.91 bits per heavy atom. The minimum Gasteiger partial charge on any atom is -0.507 e. The summed E-state index contributed by atoms with van der Waals surface area (Å²) in [4.78, 5) is 16.4. The zero-order chi connectivity index (χ0) is 16.4. The van der Waals surface area contributed by atoms with E-state index >= 15 is 0 Å². The van der Waals surface area contributed by atoms with Gasteiger partial charge in [0.1, 0.15) is 11.3 Å². The Bertz CT molecular complexity index is 854. The molecule has 0 saturated heterocycles. The van der Waals surface area contributed by atoms with Crippen LogP contribution in [0, 0.1) is 6.92 Å². The van der Waals surface area contributed by atoms with Crippen molar-refractivity contribution in [3.05, 3.63) is 47.1 Å². The lowest BCUT2D eigenvalue weighted by Crippen LogP contribution is -2.06. The minimum atomic E-state index is -0.395. The Kier molecular flexibility index (Phi) is 4.12. The average Bonchev–Trinajstić information content (AvgIpc) is 3.14. The maximum atomic E-state index is 11.9. The molecule has 0 radical (unpaired) electrons. The van der Waals surface area contributed by atoms with Crippen LogP contribution in [0.3, 0.4) is 0 Å². The van der Waals surface area contributed by atoms with E-state index in [2.05, 4.69) is 10.1 Å². The SMILES string of the molecule is CCOC(=O)c1cnn(-c2nc(-c3ccccc3O)cs2)c1C. The first-order chi connectivity index (χ1) is 11.1. The maximum Gasteiger partial charge on any atom is 0.341 e. The normalized spacial score (nSPS) is 10.7. The van der Waals surface area contributed by atoms with Crippen molar-refractivity contribution in [1.82, 2.24) is 14.8 Å². The van der Waals surface area contributed by atoms with E-state index in [0.717, 1.165) is 0 Å². The second-order valence-corrected chi connectivity index (χ2v) is 5.64. The molecule has 0 bridgehead atoms. The van der Waals surface area contributed by atoms with Gasteiger partial charge < -0.3 is 9.84 Å². The van der Waals surface area contributed by atoms with Gasteiger partial charge in [0.15, 0.2) is 0 Å². The van der Waals surface area contributed by atoms with Crippen LogP contribution in [0.1, 0.15) is 23.0 Å². The second kappa shape index (κ2) is 6.21. The third-order valence-electron chi connectivity index (χ3n) is 3.36. The van der Waals surface area contributed by atoms with Crippen LogP contribution in [-0.2, 0) is 4.74 Å². The summed E-state index contributed by atoms with van der Waals surface area (Å²) in [5.74, 6) is -0.220. The highest BCUT2D eigenvalue weighted by Gasteiger charge is 2.18. The molecule has 118 valence electrons. The van der Waals surface area contributed by atoms with Crippen LogP contribution in [0.2, 0.25) is 0 Å². The molecule has 1 aromatic carbocycles. The summed E-state index contributed by atoms with van der Waals surface area (Å²) >= 11 is 1.38. The Labute approximate surface area is 137 Å². The molecule has 0 amide bonds. The van der Waals surface area contributed by atoms with Crippen LogP contribution in [0.4, 0.5) is 0 Å². The summed E-state index contributed by atoms with van der Waals surface area (Å²) in [6.07, 6.45) is 1.48. The zero-order valence-electron chi connectivity index (χ0n) is 12.7. The number of para-hydroxylation sites is 1. The van der Waals surface area contributed by atoms with Gasteiger partial charge in [-0.3, -0.25) is 0 Å². The molecule has 0 aliphatic carbocycles. The van der Waals surface area contributed by atoms with Crippen molar-refractivity contribution in [1.29, 1.82) is 0 Å². The van der Waals surface area contributed by atoms with E-state index in [1.807, 2.05) is 11.4 Å². The highest BCUT2D eigenvalue weighted by Crippen LogP contribution is 2.31. The number of thiazole rings is 1.